The molecule has 5 rings (SSSR count). The van der Waals surface area contributed by atoms with Crippen LogP contribution < -0.4 is 10.6 Å². The number of carbonyl (C=O) groups excluding carboxylic acids is 2. The predicted molar refractivity (Wildman–Crippen MR) is 157 cm³/mol. The number of nitrogens with zero attached hydrogens (tertiary/aromatic N) is 6. The summed E-state index contributed by atoms with van der Waals surface area (Å²) in [6.45, 7) is 10.7. The van der Waals surface area contributed by atoms with Gasteiger partial charge in [-0.3, -0.25) is 14.2 Å². The third-order valence-corrected chi connectivity index (χ3v) is 8.16. The van der Waals surface area contributed by atoms with Crippen LogP contribution in [0.3, 0.4) is 0 Å². The highest BCUT2D eigenvalue weighted by Gasteiger charge is 2.51. The maximum absolute atomic E-state index is 11.6. The van der Waals surface area contributed by atoms with Crippen LogP contribution in [0.5, 0.6) is 0 Å². The molecule has 3 aromatic rings. The van der Waals surface area contributed by atoms with E-state index < -0.39 is 24.5 Å². The van der Waals surface area contributed by atoms with Gasteiger partial charge in [-0.15, -0.1) is 0 Å². The number of anilines is 2. The van der Waals surface area contributed by atoms with Crippen LogP contribution in [-0.2, 0) is 30.2 Å². The van der Waals surface area contributed by atoms with Crippen molar-refractivity contribution < 1.29 is 28.3 Å². The largest absolute Gasteiger partial charge is 0.457 e. The first-order valence-corrected chi connectivity index (χ1v) is 15.4. The van der Waals surface area contributed by atoms with E-state index in [1.54, 1.807) is 17.0 Å². The molecule has 0 amide bonds. The summed E-state index contributed by atoms with van der Waals surface area (Å²) in [5.41, 5.74) is 1.77. The molecule has 2 aliphatic rings. The minimum Gasteiger partial charge on any atom is -0.457 e. The van der Waals surface area contributed by atoms with Crippen LogP contribution in [0.15, 0.2) is 16.9 Å². The Labute approximate surface area is 250 Å². The van der Waals surface area contributed by atoms with Gasteiger partial charge in [0.2, 0.25) is 5.95 Å². The third kappa shape index (κ3) is 6.90. The Morgan fingerprint density at radius 3 is 2.56 bits per heavy atom. The molecule has 43 heavy (non-hydrogen) atoms. The van der Waals surface area contributed by atoms with E-state index in [4.69, 9.17) is 28.7 Å². The number of imidazole rings is 1. The van der Waals surface area contributed by atoms with E-state index in [1.165, 1.54) is 19.3 Å². The summed E-state index contributed by atoms with van der Waals surface area (Å²) in [5, 5.41) is 11.0. The summed E-state index contributed by atoms with van der Waals surface area (Å²) in [6.07, 6.45) is 4.92. The van der Waals surface area contributed by atoms with E-state index in [-0.39, 0.29) is 6.04 Å². The molecular formula is C29H42N8O6. The van der Waals surface area contributed by atoms with Crippen molar-refractivity contribution in [1.29, 1.82) is 0 Å². The first kappa shape index (κ1) is 30.7. The predicted octanol–water partition coefficient (Wildman–Crippen LogP) is 3.62. The van der Waals surface area contributed by atoms with E-state index in [0.29, 0.717) is 48.2 Å². The van der Waals surface area contributed by atoms with Crippen LogP contribution in [-0.4, -0.2) is 86.9 Å². The van der Waals surface area contributed by atoms with E-state index in [9.17, 15) is 9.59 Å². The summed E-state index contributed by atoms with van der Waals surface area (Å²) >= 11 is 0. The zero-order valence-electron chi connectivity index (χ0n) is 25.1. The zero-order chi connectivity index (χ0) is 30.2. The highest BCUT2D eigenvalue weighted by Crippen LogP contribution is 2.43. The Balaban J connectivity index is 1.49. The molecule has 14 heteroatoms. The second kappa shape index (κ2) is 14.6. The number of ether oxygens (including phenoxy) is 3. The Kier molecular flexibility index (Phi) is 10.4. The summed E-state index contributed by atoms with van der Waals surface area (Å²) in [4.78, 5) is 39.9. The average molecular weight is 599 g/mol. The molecule has 3 aromatic heterocycles. The zero-order valence-corrected chi connectivity index (χ0v) is 25.1. The van der Waals surface area contributed by atoms with Crippen molar-refractivity contribution in [3.05, 3.63) is 23.8 Å². The SMILES string of the molecule is CCCc1cc([C@H]2O[C@@H](n3cnc4c(NC(CC)CC)nc(NCCN5CCCCC5)nc43)[C@H](OC=O)[C@H]2OC=O)on1. The van der Waals surface area contributed by atoms with Gasteiger partial charge in [0.25, 0.3) is 12.9 Å². The molecule has 4 atom stereocenters. The van der Waals surface area contributed by atoms with Gasteiger partial charge in [-0.1, -0.05) is 38.8 Å². The van der Waals surface area contributed by atoms with Gasteiger partial charge in [-0.05, 0) is 45.2 Å². The van der Waals surface area contributed by atoms with Gasteiger partial charge in [0.15, 0.2) is 47.3 Å². The molecule has 0 bridgehead atoms. The van der Waals surface area contributed by atoms with Crippen molar-refractivity contribution in [3.63, 3.8) is 0 Å². The highest BCUT2D eigenvalue weighted by molar-refractivity contribution is 5.84. The molecule has 2 saturated heterocycles. The van der Waals surface area contributed by atoms with E-state index >= 15 is 0 Å². The van der Waals surface area contributed by atoms with Gasteiger partial charge in [0.1, 0.15) is 0 Å². The fraction of sp³-hybridized carbons (Fsp3) is 0.655. The molecule has 14 nitrogen and oxygen atoms in total. The second-order valence-electron chi connectivity index (χ2n) is 11.0. The van der Waals surface area contributed by atoms with Crippen molar-refractivity contribution in [2.24, 2.45) is 0 Å². The second-order valence-corrected chi connectivity index (χ2v) is 11.0. The summed E-state index contributed by atoms with van der Waals surface area (Å²) in [6, 6.07) is 1.96. The normalized spacial score (nSPS) is 22.6. The lowest BCUT2D eigenvalue weighted by atomic mass is 10.1. The van der Waals surface area contributed by atoms with Gasteiger partial charge < -0.3 is 34.3 Å². The number of hydrogen-bond acceptors (Lipinski definition) is 13. The van der Waals surface area contributed by atoms with Crippen molar-refractivity contribution >= 4 is 35.9 Å². The number of carbonyl (C=O) groups is 2. The molecule has 0 spiro atoms. The quantitative estimate of drug-likeness (QED) is 0.230. The summed E-state index contributed by atoms with van der Waals surface area (Å²) in [7, 11) is 0. The number of aryl methyl sites for hydroxylation is 1. The van der Waals surface area contributed by atoms with Crippen LogP contribution in [0.2, 0.25) is 0 Å². The van der Waals surface area contributed by atoms with Crippen molar-refractivity contribution in [2.75, 3.05) is 36.8 Å². The maximum Gasteiger partial charge on any atom is 0.293 e. The summed E-state index contributed by atoms with van der Waals surface area (Å²) < 4.78 is 24.5. The maximum atomic E-state index is 11.6. The number of nitrogens with one attached hydrogen (secondary N) is 2. The Bertz CT molecular complexity index is 1340. The smallest absolute Gasteiger partial charge is 0.293 e. The number of rotatable bonds is 16. The monoisotopic (exact) mass is 598 g/mol. The lowest BCUT2D eigenvalue weighted by molar-refractivity contribution is -0.151. The van der Waals surface area contributed by atoms with Crippen LogP contribution in [0.4, 0.5) is 11.8 Å². The molecule has 0 aliphatic carbocycles. The number of likely N-dealkylation sites (tertiary alicyclic amines) is 1. The molecule has 0 unspecified atom stereocenters. The van der Waals surface area contributed by atoms with Crippen molar-refractivity contribution in [1.82, 2.24) is 29.6 Å². The molecule has 5 heterocycles. The minimum atomic E-state index is -1.01. The Hall–Kier alpha value is -3.78. The number of hydrogen-bond donors (Lipinski definition) is 2. The molecule has 0 saturated carbocycles. The molecule has 2 N–H and O–H groups in total. The van der Waals surface area contributed by atoms with Gasteiger partial charge in [0.05, 0.1) is 12.0 Å². The molecule has 0 aromatic carbocycles. The van der Waals surface area contributed by atoms with E-state index in [2.05, 4.69) is 39.5 Å². The molecule has 0 radical (unpaired) electrons. The number of fused-ring (bicyclic) bond motifs is 1. The van der Waals surface area contributed by atoms with Gasteiger partial charge in [-0.25, -0.2) is 4.98 Å². The topological polar surface area (TPSA) is 159 Å². The van der Waals surface area contributed by atoms with E-state index in [1.807, 2.05) is 6.92 Å². The number of aromatic nitrogens is 5. The van der Waals surface area contributed by atoms with Crippen LogP contribution >= 0.6 is 0 Å². The first-order chi connectivity index (χ1) is 21.1. The summed E-state index contributed by atoms with van der Waals surface area (Å²) in [5.74, 6) is 1.41. The Morgan fingerprint density at radius 2 is 1.84 bits per heavy atom. The molecule has 234 valence electrons. The lowest BCUT2D eigenvalue weighted by Gasteiger charge is -2.26. The van der Waals surface area contributed by atoms with Crippen molar-refractivity contribution in [2.45, 2.75) is 96.3 Å². The molecule has 2 fully saturated rings. The fourth-order valence-corrected chi connectivity index (χ4v) is 5.83. The standard InChI is InChI=1S/C29H42N8O6/c1-4-10-20-15-21(43-35-20)23-24(40-17-38)25(41-18-39)28(42-23)37-16-31-22-26(32-19(5-2)6-3)33-29(34-27(22)37)30-11-14-36-12-8-7-9-13-36/h15-19,23-25,28H,4-14H2,1-3H3,(H2,30,32,33,34)/t23-,24+,25-,28-/m1/s1. The van der Waals surface area contributed by atoms with Crippen LogP contribution in [0.1, 0.15) is 83.1 Å². The third-order valence-electron chi connectivity index (χ3n) is 8.16. The highest BCUT2D eigenvalue weighted by atomic mass is 16.6. The van der Waals surface area contributed by atoms with Crippen LogP contribution in [0.25, 0.3) is 11.2 Å². The van der Waals surface area contributed by atoms with Crippen molar-refractivity contribution in [3.8, 4) is 0 Å². The first-order valence-electron chi connectivity index (χ1n) is 15.4. The lowest BCUT2D eigenvalue weighted by Crippen LogP contribution is -2.34. The molecular weight excluding hydrogens is 556 g/mol. The minimum absolute atomic E-state index is 0.192. The average Bonchev–Trinajstić information content (AvgIpc) is 3.75. The number of piperidine rings is 1. The molecule has 2 aliphatic heterocycles. The van der Waals surface area contributed by atoms with Crippen LogP contribution in [0, 0.1) is 0 Å². The fourth-order valence-electron chi connectivity index (χ4n) is 5.83. The van der Waals surface area contributed by atoms with Gasteiger partial charge >= 0.3 is 0 Å². The Morgan fingerprint density at radius 1 is 1.07 bits per heavy atom. The van der Waals surface area contributed by atoms with E-state index in [0.717, 1.165) is 51.0 Å². The van der Waals surface area contributed by atoms with Gasteiger partial charge in [-0.2, -0.15) is 9.97 Å². The van der Waals surface area contributed by atoms with Gasteiger partial charge in [0, 0.05) is 25.2 Å².